The Balaban J connectivity index is 1.28. The third kappa shape index (κ3) is 3.67. The Morgan fingerprint density at radius 3 is 3.04 bits per heavy atom. The fourth-order valence-corrected chi connectivity index (χ4v) is 4.20. The van der Waals surface area contributed by atoms with Gasteiger partial charge in [0.25, 0.3) is 0 Å². The molecule has 132 valence electrons. The number of ether oxygens (including phenoxy) is 2. The highest BCUT2D eigenvalue weighted by atomic mass is 16.5. The Labute approximate surface area is 150 Å². The molecule has 0 saturated carbocycles. The number of rotatable bonds is 6. The second-order valence-electron chi connectivity index (χ2n) is 7.17. The van der Waals surface area contributed by atoms with Gasteiger partial charge in [0.05, 0.1) is 13.7 Å². The number of methoxy groups -OCH3 is 1. The first kappa shape index (κ1) is 16.5. The maximum absolute atomic E-state index is 5.59. The summed E-state index contributed by atoms with van der Waals surface area (Å²) in [4.78, 5) is 2.60. The summed E-state index contributed by atoms with van der Waals surface area (Å²) in [5.41, 5.74) is 4.20. The van der Waals surface area contributed by atoms with Crippen LogP contribution in [0.4, 0.5) is 0 Å². The van der Waals surface area contributed by atoms with Crippen molar-refractivity contribution in [3.63, 3.8) is 0 Å². The molecule has 4 rings (SSSR count). The van der Waals surface area contributed by atoms with Crippen LogP contribution in [0.1, 0.15) is 35.4 Å². The number of likely N-dealkylation sites (tertiary alicyclic amines) is 1. The normalized spacial score (nSPS) is 19.6. The van der Waals surface area contributed by atoms with Gasteiger partial charge in [0.15, 0.2) is 0 Å². The summed E-state index contributed by atoms with van der Waals surface area (Å²) in [6.45, 7) is 4.37. The monoisotopic (exact) mass is 337 g/mol. The highest BCUT2D eigenvalue weighted by Crippen LogP contribution is 2.33. The standard InChI is InChI=1S/C22H27NO2/c1-24-22-7-3-2-6-20(22)19-10-13-23(16-19)12-4-5-17-8-9-21-18(15-17)11-14-25-21/h2-3,6-9,15,19H,4-5,10-14,16H2,1H3/t19-/m0/s1. The van der Waals surface area contributed by atoms with E-state index in [2.05, 4.69) is 47.4 Å². The number of nitrogens with zero attached hydrogens (tertiary/aromatic N) is 1. The molecule has 0 radical (unpaired) electrons. The lowest BCUT2D eigenvalue weighted by atomic mass is 9.97. The largest absolute Gasteiger partial charge is 0.496 e. The summed E-state index contributed by atoms with van der Waals surface area (Å²) < 4.78 is 11.1. The van der Waals surface area contributed by atoms with Gasteiger partial charge in [-0.25, -0.2) is 0 Å². The summed E-state index contributed by atoms with van der Waals surface area (Å²) in [6.07, 6.45) is 4.67. The van der Waals surface area contributed by atoms with Crippen molar-refractivity contribution in [1.82, 2.24) is 4.90 Å². The van der Waals surface area contributed by atoms with Gasteiger partial charge >= 0.3 is 0 Å². The molecule has 0 bridgehead atoms. The van der Waals surface area contributed by atoms with E-state index in [9.17, 15) is 0 Å². The van der Waals surface area contributed by atoms with Crippen LogP contribution in [0.2, 0.25) is 0 Å². The highest BCUT2D eigenvalue weighted by molar-refractivity contribution is 5.40. The van der Waals surface area contributed by atoms with Gasteiger partial charge in [0.1, 0.15) is 11.5 Å². The highest BCUT2D eigenvalue weighted by Gasteiger charge is 2.25. The van der Waals surface area contributed by atoms with Crippen molar-refractivity contribution in [2.45, 2.75) is 31.6 Å². The summed E-state index contributed by atoms with van der Waals surface area (Å²) in [5.74, 6) is 2.73. The SMILES string of the molecule is COc1ccccc1[C@H]1CCN(CCCc2ccc3c(c2)CCO3)C1. The van der Waals surface area contributed by atoms with E-state index in [1.165, 1.54) is 42.6 Å². The van der Waals surface area contributed by atoms with Crippen molar-refractivity contribution in [3.8, 4) is 11.5 Å². The summed E-state index contributed by atoms with van der Waals surface area (Å²) in [6, 6.07) is 15.2. The first-order valence-electron chi connectivity index (χ1n) is 9.43. The number of hydrogen-bond acceptors (Lipinski definition) is 3. The van der Waals surface area contributed by atoms with Crippen LogP contribution in [0.25, 0.3) is 0 Å². The van der Waals surface area contributed by atoms with Crippen molar-refractivity contribution in [2.75, 3.05) is 33.4 Å². The van der Waals surface area contributed by atoms with Crippen molar-refractivity contribution in [3.05, 3.63) is 59.2 Å². The van der Waals surface area contributed by atoms with Crippen LogP contribution >= 0.6 is 0 Å². The molecule has 0 aromatic heterocycles. The second kappa shape index (κ2) is 7.49. The van der Waals surface area contributed by atoms with Crippen molar-refractivity contribution >= 4 is 0 Å². The van der Waals surface area contributed by atoms with Crippen LogP contribution in [0.5, 0.6) is 11.5 Å². The molecule has 2 heterocycles. The van der Waals surface area contributed by atoms with Crippen molar-refractivity contribution in [1.29, 1.82) is 0 Å². The van der Waals surface area contributed by atoms with Gasteiger partial charge in [0, 0.05) is 18.9 Å². The zero-order valence-electron chi connectivity index (χ0n) is 15.0. The van der Waals surface area contributed by atoms with E-state index in [0.717, 1.165) is 37.5 Å². The molecule has 0 N–H and O–H groups in total. The second-order valence-corrected chi connectivity index (χ2v) is 7.17. The average Bonchev–Trinajstić information content (AvgIpc) is 3.30. The maximum atomic E-state index is 5.59. The smallest absolute Gasteiger partial charge is 0.122 e. The third-order valence-corrected chi connectivity index (χ3v) is 5.54. The molecule has 2 aromatic rings. The molecule has 1 atom stereocenters. The first-order chi connectivity index (χ1) is 12.3. The van der Waals surface area contributed by atoms with E-state index in [0.29, 0.717) is 5.92 Å². The molecule has 1 fully saturated rings. The fourth-order valence-electron chi connectivity index (χ4n) is 4.20. The summed E-state index contributed by atoms with van der Waals surface area (Å²) in [7, 11) is 1.77. The zero-order valence-corrected chi connectivity index (χ0v) is 15.0. The number of fused-ring (bicyclic) bond motifs is 1. The Kier molecular flexibility index (Phi) is 4.93. The van der Waals surface area contributed by atoms with Crippen LogP contribution in [0.15, 0.2) is 42.5 Å². The minimum atomic E-state index is 0.605. The van der Waals surface area contributed by atoms with Gasteiger partial charge in [-0.3, -0.25) is 0 Å². The lowest BCUT2D eigenvalue weighted by Gasteiger charge is -2.17. The van der Waals surface area contributed by atoms with Crippen LogP contribution in [0, 0.1) is 0 Å². The lowest BCUT2D eigenvalue weighted by molar-refractivity contribution is 0.328. The van der Waals surface area contributed by atoms with Gasteiger partial charge < -0.3 is 14.4 Å². The minimum absolute atomic E-state index is 0.605. The molecular formula is C22H27NO2. The fraction of sp³-hybridized carbons (Fsp3) is 0.455. The average molecular weight is 337 g/mol. The van der Waals surface area contributed by atoms with Gasteiger partial charge in [-0.05, 0) is 61.2 Å². The number of hydrogen-bond donors (Lipinski definition) is 0. The van der Waals surface area contributed by atoms with Crippen LogP contribution < -0.4 is 9.47 Å². The molecule has 0 spiro atoms. The number of aryl methyl sites for hydroxylation is 1. The maximum Gasteiger partial charge on any atom is 0.122 e. The first-order valence-corrected chi connectivity index (χ1v) is 9.43. The third-order valence-electron chi connectivity index (χ3n) is 5.54. The van der Waals surface area contributed by atoms with Gasteiger partial charge in [0.2, 0.25) is 0 Å². The molecule has 2 aliphatic heterocycles. The molecule has 3 nitrogen and oxygen atoms in total. The molecule has 2 aromatic carbocycles. The molecule has 0 unspecified atom stereocenters. The molecule has 3 heteroatoms. The van der Waals surface area contributed by atoms with Crippen molar-refractivity contribution < 1.29 is 9.47 Å². The van der Waals surface area contributed by atoms with Gasteiger partial charge in [-0.15, -0.1) is 0 Å². The van der Waals surface area contributed by atoms with E-state index in [4.69, 9.17) is 9.47 Å². The van der Waals surface area contributed by atoms with Crippen LogP contribution in [-0.4, -0.2) is 38.3 Å². The predicted molar refractivity (Wildman–Crippen MR) is 101 cm³/mol. The quantitative estimate of drug-likeness (QED) is 0.794. The minimum Gasteiger partial charge on any atom is -0.496 e. The number of para-hydroxylation sites is 1. The summed E-state index contributed by atoms with van der Waals surface area (Å²) in [5, 5.41) is 0. The molecule has 0 amide bonds. The zero-order chi connectivity index (χ0) is 17.1. The Morgan fingerprint density at radius 1 is 1.20 bits per heavy atom. The molecular weight excluding hydrogens is 310 g/mol. The predicted octanol–water partition coefficient (Wildman–Crippen LogP) is 4.05. The number of benzene rings is 2. The van der Waals surface area contributed by atoms with Gasteiger partial charge in [-0.1, -0.05) is 30.3 Å². The van der Waals surface area contributed by atoms with Crippen LogP contribution in [0.3, 0.4) is 0 Å². The topological polar surface area (TPSA) is 21.7 Å². The van der Waals surface area contributed by atoms with E-state index in [1.54, 1.807) is 7.11 Å². The molecule has 2 aliphatic rings. The summed E-state index contributed by atoms with van der Waals surface area (Å²) >= 11 is 0. The van der Waals surface area contributed by atoms with Crippen LogP contribution in [-0.2, 0) is 12.8 Å². The van der Waals surface area contributed by atoms with E-state index >= 15 is 0 Å². The van der Waals surface area contributed by atoms with Crippen molar-refractivity contribution in [2.24, 2.45) is 0 Å². The molecule has 0 aliphatic carbocycles. The Hall–Kier alpha value is -2.00. The lowest BCUT2D eigenvalue weighted by Crippen LogP contribution is -2.22. The Bertz CT molecular complexity index is 728. The van der Waals surface area contributed by atoms with Gasteiger partial charge in [-0.2, -0.15) is 0 Å². The molecule has 1 saturated heterocycles. The van der Waals surface area contributed by atoms with E-state index in [-0.39, 0.29) is 0 Å². The van der Waals surface area contributed by atoms with E-state index in [1.807, 2.05) is 0 Å². The van der Waals surface area contributed by atoms with E-state index < -0.39 is 0 Å². The molecule has 25 heavy (non-hydrogen) atoms. The Morgan fingerprint density at radius 2 is 2.12 bits per heavy atom.